The molecule has 1 aliphatic carbocycles. The molecule has 1 fully saturated rings. The highest BCUT2D eigenvalue weighted by Gasteiger charge is 2.21. The summed E-state index contributed by atoms with van der Waals surface area (Å²) in [4.78, 5) is 3.86. The number of aryl methyl sites for hydroxylation is 1. The largest absolute Gasteiger partial charge is 0.433 e. The Balaban J connectivity index is 1.80. The molecule has 2 aromatic rings. The van der Waals surface area contributed by atoms with Gasteiger partial charge in [-0.2, -0.15) is 0 Å². The minimum atomic E-state index is -0.549. The molecule has 5 heteroatoms. The molecule has 0 saturated heterocycles. The van der Waals surface area contributed by atoms with Crippen molar-refractivity contribution in [1.29, 1.82) is 0 Å². The summed E-state index contributed by atoms with van der Waals surface area (Å²) >= 11 is 0. The van der Waals surface area contributed by atoms with Crippen LogP contribution in [0.2, 0.25) is 0 Å². The third kappa shape index (κ3) is 3.36. The molecular weight excluding hydrogens is 274 g/mol. The SMILES string of the molecule is Cc1ccc(F)c(Oc2nccc(CNC3CC3)c2F)c1. The van der Waals surface area contributed by atoms with E-state index in [2.05, 4.69) is 10.3 Å². The molecule has 3 rings (SSSR count). The Morgan fingerprint density at radius 2 is 2.10 bits per heavy atom. The molecule has 0 bridgehead atoms. The summed E-state index contributed by atoms with van der Waals surface area (Å²) in [6, 6.07) is 6.52. The van der Waals surface area contributed by atoms with Crippen LogP contribution < -0.4 is 10.1 Å². The summed E-state index contributed by atoms with van der Waals surface area (Å²) in [5.41, 5.74) is 1.30. The molecular formula is C16H16F2N2O. The van der Waals surface area contributed by atoms with Crippen molar-refractivity contribution >= 4 is 0 Å². The molecule has 1 N–H and O–H groups in total. The Morgan fingerprint density at radius 1 is 1.29 bits per heavy atom. The van der Waals surface area contributed by atoms with Gasteiger partial charge in [-0.1, -0.05) is 6.07 Å². The van der Waals surface area contributed by atoms with Crippen LogP contribution in [-0.2, 0) is 6.54 Å². The number of nitrogens with zero attached hydrogens (tertiary/aromatic N) is 1. The summed E-state index contributed by atoms with van der Waals surface area (Å²) < 4.78 is 33.3. The lowest BCUT2D eigenvalue weighted by Crippen LogP contribution is -2.16. The number of benzene rings is 1. The van der Waals surface area contributed by atoms with Gasteiger partial charge >= 0.3 is 0 Å². The van der Waals surface area contributed by atoms with E-state index >= 15 is 0 Å². The van der Waals surface area contributed by atoms with Crippen LogP contribution in [0, 0.1) is 18.6 Å². The maximum atomic E-state index is 14.3. The van der Waals surface area contributed by atoms with Gasteiger partial charge in [0.15, 0.2) is 17.4 Å². The highest BCUT2D eigenvalue weighted by atomic mass is 19.1. The number of ether oxygens (including phenoxy) is 1. The van der Waals surface area contributed by atoms with Crippen molar-refractivity contribution in [1.82, 2.24) is 10.3 Å². The van der Waals surface area contributed by atoms with Crippen LogP contribution in [-0.4, -0.2) is 11.0 Å². The first-order valence-corrected chi connectivity index (χ1v) is 6.94. The molecule has 1 saturated carbocycles. The minimum absolute atomic E-state index is 0.0197. The van der Waals surface area contributed by atoms with E-state index in [-0.39, 0.29) is 11.6 Å². The molecule has 1 heterocycles. The van der Waals surface area contributed by atoms with Gasteiger partial charge in [0.1, 0.15) is 0 Å². The number of pyridine rings is 1. The Labute approximate surface area is 122 Å². The Hall–Kier alpha value is -2.01. The fraction of sp³-hybridized carbons (Fsp3) is 0.312. The Kier molecular flexibility index (Phi) is 3.84. The standard InChI is InChI=1S/C16H16F2N2O/c1-10-2-5-13(17)14(8-10)21-16-15(18)11(6-7-19-16)9-20-12-3-4-12/h2,5-8,12,20H,3-4,9H2,1H3. The van der Waals surface area contributed by atoms with Crippen molar-refractivity contribution in [2.75, 3.05) is 0 Å². The molecule has 3 nitrogen and oxygen atoms in total. The number of nitrogens with one attached hydrogen (secondary N) is 1. The van der Waals surface area contributed by atoms with Gasteiger partial charge in [-0.05, 0) is 43.5 Å². The third-order valence-electron chi connectivity index (χ3n) is 3.39. The number of halogens is 2. The van der Waals surface area contributed by atoms with Gasteiger partial charge in [0.25, 0.3) is 5.88 Å². The van der Waals surface area contributed by atoms with Crippen LogP contribution in [0.3, 0.4) is 0 Å². The van der Waals surface area contributed by atoms with E-state index in [9.17, 15) is 8.78 Å². The number of rotatable bonds is 5. The van der Waals surface area contributed by atoms with Crippen LogP contribution in [0.15, 0.2) is 30.5 Å². The second-order valence-corrected chi connectivity index (χ2v) is 5.28. The molecule has 1 aromatic heterocycles. The molecule has 110 valence electrons. The molecule has 0 aliphatic heterocycles. The molecule has 0 amide bonds. The van der Waals surface area contributed by atoms with Crippen molar-refractivity contribution in [3.63, 3.8) is 0 Å². The fourth-order valence-corrected chi connectivity index (χ4v) is 2.00. The maximum absolute atomic E-state index is 14.3. The zero-order chi connectivity index (χ0) is 14.8. The molecule has 0 atom stereocenters. The van der Waals surface area contributed by atoms with Gasteiger partial charge in [0.05, 0.1) is 0 Å². The van der Waals surface area contributed by atoms with E-state index < -0.39 is 11.6 Å². The van der Waals surface area contributed by atoms with E-state index in [0.717, 1.165) is 18.4 Å². The zero-order valence-corrected chi connectivity index (χ0v) is 11.7. The first-order chi connectivity index (χ1) is 10.1. The molecule has 0 spiro atoms. The van der Waals surface area contributed by atoms with Crippen LogP contribution in [0.4, 0.5) is 8.78 Å². The lowest BCUT2D eigenvalue weighted by atomic mass is 10.2. The van der Waals surface area contributed by atoms with Gasteiger partial charge in [-0.25, -0.2) is 13.8 Å². The Bertz CT molecular complexity index is 657. The average molecular weight is 290 g/mol. The number of hydrogen-bond donors (Lipinski definition) is 1. The monoisotopic (exact) mass is 290 g/mol. The highest BCUT2D eigenvalue weighted by molar-refractivity contribution is 5.34. The lowest BCUT2D eigenvalue weighted by Gasteiger charge is -2.10. The van der Waals surface area contributed by atoms with Crippen molar-refractivity contribution in [3.8, 4) is 11.6 Å². The van der Waals surface area contributed by atoms with E-state index in [1.807, 2.05) is 6.92 Å². The van der Waals surface area contributed by atoms with Gasteiger partial charge in [0.2, 0.25) is 0 Å². The molecule has 1 aromatic carbocycles. The van der Waals surface area contributed by atoms with Gasteiger partial charge < -0.3 is 10.1 Å². The molecule has 1 aliphatic rings. The minimum Gasteiger partial charge on any atom is -0.433 e. The maximum Gasteiger partial charge on any atom is 0.256 e. The average Bonchev–Trinajstić information content (AvgIpc) is 3.28. The first-order valence-electron chi connectivity index (χ1n) is 6.94. The van der Waals surface area contributed by atoms with E-state index in [4.69, 9.17) is 4.74 Å². The quantitative estimate of drug-likeness (QED) is 0.911. The topological polar surface area (TPSA) is 34.1 Å². The van der Waals surface area contributed by atoms with Crippen molar-refractivity contribution < 1.29 is 13.5 Å². The van der Waals surface area contributed by atoms with Gasteiger partial charge in [-0.15, -0.1) is 0 Å². The summed E-state index contributed by atoms with van der Waals surface area (Å²) in [5, 5.41) is 3.23. The summed E-state index contributed by atoms with van der Waals surface area (Å²) in [5.74, 6) is -1.31. The van der Waals surface area contributed by atoms with Crippen molar-refractivity contribution in [2.45, 2.75) is 32.4 Å². The zero-order valence-electron chi connectivity index (χ0n) is 11.7. The molecule has 0 radical (unpaired) electrons. The predicted molar refractivity (Wildman–Crippen MR) is 75.3 cm³/mol. The number of aromatic nitrogens is 1. The summed E-state index contributed by atoms with van der Waals surface area (Å²) in [6.45, 7) is 2.23. The van der Waals surface area contributed by atoms with Crippen LogP contribution in [0.5, 0.6) is 11.6 Å². The normalized spacial score (nSPS) is 14.2. The molecule has 21 heavy (non-hydrogen) atoms. The van der Waals surface area contributed by atoms with Crippen LogP contribution >= 0.6 is 0 Å². The summed E-state index contributed by atoms with van der Waals surface area (Å²) in [7, 11) is 0. The van der Waals surface area contributed by atoms with Crippen LogP contribution in [0.25, 0.3) is 0 Å². The van der Waals surface area contributed by atoms with Gasteiger partial charge in [0, 0.05) is 24.3 Å². The van der Waals surface area contributed by atoms with Crippen LogP contribution in [0.1, 0.15) is 24.0 Å². The van der Waals surface area contributed by atoms with Crippen molar-refractivity contribution in [2.24, 2.45) is 0 Å². The second-order valence-electron chi connectivity index (χ2n) is 5.28. The smallest absolute Gasteiger partial charge is 0.256 e. The third-order valence-corrected chi connectivity index (χ3v) is 3.39. The Morgan fingerprint density at radius 3 is 2.86 bits per heavy atom. The fourth-order valence-electron chi connectivity index (χ4n) is 2.00. The van der Waals surface area contributed by atoms with E-state index in [0.29, 0.717) is 18.2 Å². The van der Waals surface area contributed by atoms with E-state index in [1.165, 1.54) is 18.3 Å². The van der Waals surface area contributed by atoms with Gasteiger partial charge in [-0.3, -0.25) is 0 Å². The first kappa shape index (κ1) is 13.9. The van der Waals surface area contributed by atoms with Crippen molar-refractivity contribution in [3.05, 3.63) is 53.2 Å². The predicted octanol–water partition coefficient (Wildman–Crippen LogP) is 3.71. The number of hydrogen-bond acceptors (Lipinski definition) is 3. The second kappa shape index (κ2) is 5.77. The summed E-state index contributed by atoms with van der Waals surface area (Å²) in [6.07, 6.45) is 3.73. The molecule has 0 unspecified atom stereocenters. The highest BCUT2D eigenvalue weighted by Crippen LogP contribution is 2.27. The lowest BCUT2D eigenvalue weighted by molar-refractivity contribution is 0.394. The van der Waals surface area contributed by atoms with E-state index in [1.54, 1.807) is 12.1 Å².